The first kappa shape index (κ1) is 10.0. The number of phenols is 1. The Labute approximate surface area is 88.4 Å². The Morgan fingerprint density at radius 1 is 1.33 bits per heavy atom. The topological polar surface area (TPSA) is 57.5 Å². The highest BCUT2D eigenvalue weighted by molar-refractivity contribution is 5.75. The normalized spacial score (nSPS) is 23.9. The van der Waals surface area contributed by atoms with Gasteiger partial charge in [-0.1, -0.05) is 6.07 Å². The van der Waals surface area contributed by atoms with Crippen LogP contribution < -0.4 is 0 Å². The fourth-order valence-corrected chi connectivity index (χ4v) is 1.93. The van der Waals surface area contributed by atoms with Crippen molar-refractivity contribution in [2.75, 3.05) is 0 Å². The van der Waals surface area contributed by atoms with E-state index in [9.17, 15) is 9.90 Å². The summed E-state index contributed by atoms with van der Waals surface area (Å²) in [7, 11) is 0. The highest BCUT2D eigenvalue weighted by atomic mass is 16.4. The molecule has 0 amide bonds. The SMILES string of the molecule is Cc1cc(O)c(C2CC2C(=O)O)cc1C. The zero-order valence-corrected chi connectivity index (χ0v) is 8.82. The van der Waals surface area contributed by atoms with Gasteiger partial charge in [-0.2, -0.15) is 0 Å². The maximum absolute atomic E-state index is 10.7. The second-order valence-electron chi connectivity index (χ2n) is 4.28. The molecule has 2 unspecified atom stereocenters. The van der Waals surface area contributed by atoms with E-state index in [4.69, 9.17) is 5.11 Å². The van der Waals surface area contributed by atoms with Crippen LogP contribution in [-0.2, 0) is 4.79 Å². The van der Waals surface area contributed by atoms with Gasteiger partial charge in [0.15, 0.2) is 0 Å². The molecular formula is C12H14O3. The molecule has 2 N–H and O–H groups in total. The van der Waals surface area contributed by atoms with Crippen molar-refractivity contribution in [1.82, 2.24) is 0 Å². The zero-order valence-electron chi connectivity index (χ0n) is 8.82. The van der Waals surface area contributed by atoms with E-state index in [0.717, 1.165) is 16.7 Å². The Balaban J connectivity index is 2.31. The molecular weight excluding hydrogens is 192 g/mol. The van der Waals surface area contributed by atoms with Crippen LogP contribution in [0.2, 0.25) is 0 Å². The number of hydrogen-bond acceptors (Lipinski definition) is 2. The summed E-state index contributed by atoms with van der Waals surface area (Å²) in [6.45, 7) is 3.90. The summed E-state index contributed by atoms with van der Waals surface area (Å²) in [5.74, 6) is -0.843. The predicted octanol–water partition coefficient (Wildman–Crippen LogP) is 2.20. The Hall–Kier alpha value is -1.51. The van der Waals surface area contributed by atoms with E-state index >= 15 is 0 Å². The third-order valence-corrected chi connectivity index (χ3v) is 3.15. The van der Waals surface area contributed by atoms with E-state index in [1.165, 1.54) is 0 Å². The summed E-state index contributed by atoms with van der Waals surface area (Å²) in [5, 5.41) is 18.6. The summed E-state index contributed by atoms with van der Waals surface area (Å²) >= 11 is 0. The average molecular weight is 206 g/mol. The third-order valence-electron chi connectivity index (χ3n) is 3.15. The molecule has 1 saturated carbocycles. The van der Waals surface area contributed by atoms with E-state index in [1.807, 2.05) is 19.9 Å². The van der Waals surface area contributed by atoms with Gasteiger partial charge in [-0.05, 0) is 43.0 Å². The van der Waals surface area contributed by atoms with Crippen LogP contribution in [0.5, 0.6) is 5.75 Å². The van der Waals surface area contributed by atoms with Gasteiger partial charge in [0, 0.05) is 5.92 Å². The Bertz CT molecular complexity index is 423. The molecule has 3 heteroatoms. The summed E-state index contributed by atoms with van der Waals surface area (Å²) in [6.07, 6.45) is 0.644. The van der Waals surface area contributed by atoms with Crippen molar-refractivity contribution in [3.05, 3.63) is 28.8 Å². The summed E-state index contributed by atoms with van der Waals surface area (Å²) in [5.41, 5.74) is 2.91. The number of hydrogen-bond donors (Lipinski definition) is 2. The summed E-state index contributed by atoms with van der Waals surface area (Å²) in [6, 6.07) is 3.61. The first-order chi connectivity index (χ1) is 7.00. The van der Waals surface area contributed by atoms with Gasteiger partial charge in [0.1, 0.15) is 5.75 Å². The number of carboxylic acid groups (broad SMARTS) is 1. The van der Waals surface area contributed by atoms with Crippen molar-refractivity contribution in [3.8, 4) is 5.75 Å². The van der Waals surface area contributed by atoms with Crippen LogP contribution in [0.1, 0.15) is 29.0 Å². The first-order valence-corrected chi connectivity index (χ1v) is 5.03. The number of carbonyl (C=O) groups is 1. The van der Waals surface area contributed by atoms with E-state index in [1.54, 1.807) is 6.07 Å². The van der Waals surface area contributed by atoms with Crippen molar-refractivity contribution >= 4 is 5.97 Å². The number of phenolic OH excluding ortho intramolecular Hbond substituents is 1. The lowest BCUT2D eigenvalue weighted by atomic mass is 10.0. The molecule has 3 nitrogen and oxygen atoms in total. The number of aliphatic carboxylic acids is 1. The fraction of sp³-hybridized carbons (Fsp3) is 0.417. The number of benzene rings is 1. The molecule has 1 aromatic carbocycles. The molecule has 1 fully saturated rings. The molecule has 2 atom stereocenters. The fourth-order valence-electron chi connectivity index (χ4n) is 1.93. The number of aryl methyl sites for hydroxylation is 2. The maximum atomic E-state index is 10.7. The Kier molecular flexibility index (Phi) is 2.18. The maximum Gasteiger partial charge on any atom is 0.307 e. The summed E-state index contributed by atoms with van der Waals surface area (Å²) < 4.78 is 0. The van der Waals surface area contributed by atoms with E-state index < -0.39 is 5.97 Å². The first-order valence-electron chi connectivity index (χ1n) is 5.03. The highest BCUT2D eigenvalue weighted by Gasteiger charge is 2.45. The quantitative estimate of drug-likeness (QED) is 0.779. The number of rotatable bonds is 2. The van der Waals surface area contributed by atoms with Crippen molar-refractivity contribution in [1.29, 1.82) is 0 Å². The van der Waals surface area contributed by atoms with Crippen LogP contribution >= 0.6 is 0 Å². The zero-order chi connectivity index (χ0) is 11.2. The van der Waals surface area contributed by atoms with Crippen LogP contribution in [-0.4, -0.2) is 16.2 Å². The van der Waals surface area contributed by atoms with Crippen LogP contribution in [0.15, 0.2) is 12.1 Å². The van der Waals surface area contributed by atoms with E-state index in [-0.39, 0.29) is 17.6 Å². The number of carboxylic acids is 1. The van der Waals surface area contributed by atoms with Crippen molar-refractivity contribution < 1.29 is 15.0 Å². The molecule has 2 rings (SSSR count). The van der Waals surface area contributed by atoms with Crippen molar-refractivity contribution in [2.24, 2.45) is 5.92 Å². The molecule has 0 aliphatic heterocycles. The van der Waals surface area contributed by atoms with Gasteiger partial charge in [0.25, 0.3) is 0 Å². The summed E-state index contributed by atoms with van der Waals surface area (Å²) in [4.78, 5) is 10.7. The predicted molar refractivity (Wildman–Crippen MR) is 56.1 cm³/mol. The molecule has 0 radical (unpaired) electrons. The van der Waals surface area contributed by atoms with Gasteiger partial charge in [0.05, 0.1) is 5.92 Å². The third kappa shape index (κ3) is 1.69. The van der Waals surface area contributed by atoms with Crippen molar-refractivity contribution in [2.45, 2.75) is 26.2 Å². The molecule has 0 bridgehead atoms. The van der Waals surface area contributed by atoms with Gasteiger partial charge >= 0.3 is 5.97 Å². The Morgan fingerprint density at radius 3 is 2.47 bits per heavy atom. The molecule has 0 heterocycles. The average Bonchev–Trinajstić information content (AvgIpc) is 2.90. The van der Waals surface area contributed by atoms with Gasteiger partial charge in [-0.3, -0.25) is 4.79 Å². The molecule has 1 aliphatic carbocycles. The molecule has 15 heavy (non-hydrogen) atoms. The highest BCUT2D eigenvalue weighted by Crippen LogP contribution is 2.50. The second kappa shape index (κ2) is 3.26. The lowest BCUT2D eigenvalue weighted by Crippen LogP contribution is -1.99. The molecule has 0 saturated heterocycles. The van der Waals surface area contributed by atoms with Gasteiger partial charge in [-0.25, -0.2) is 0 Å². The minimum atomic E-state index is -0.766. The monoisotopic (exact) mass is 206 g/mol. The van der Waals surface area contributed by atoms with E-state index in [0.29, 0.717) is 6.42 Å². The molecule has 0 aromatic heterocycles. The molecule has 1 aliphatic rings. The van der Waals surface area contributed by atoms with Crippen LogP contribution in [0, 0.1) is 19.8 Å². The smallest absolute Gasteiger partial charge is 0.307 e. The minimum absolute atomic E-state index is 0.00167. The van der Waals surface area contributed by atoms with Crippen LogP contribution in [0.3, 0.4) is 0 Å². The lowest BCUT2D eigenvalue weighted by Gasteiger charge is -2.07. The van der Waals surface area contributed by atoms with E-state index in [2.05, 4.69) is 0 Å². The van der Waals surface area contributed by atoms with Crippen LogP contribution in [0.25, 0.3) is 0 Å². The lowest BCUT2D eigenvalue weighted by molar-refractivity contribution is -0.138. The van der Waals surface area contributed by atoms with Crippen molar-refractivity contribution in [3.63, 3.8) is 0 Å². The van der Waals surface area contributed by atoms with Gasteiger partial charge in [0.2, 0.25) is 0 Å². The van der Waals surface area contributed by atoms with Gasteiger partial charge in [-0.15, -0.1) is 0 Å². The van der Waals surface area contributed by atoms with Crippen LogP contribution in [0.4, 0.5) is 0 Å². The molecule has 0 spiro atoms. The minimum Gasteiger partial charge on any atom is -0.508 e. The second-order valence-corrected chi connectivity index (χ2v) is 4.28. The number of aromatic hydroxyl groups is 1. The molecule has 1 aromatic rings. The standard InChI is InChI=1S/C12H14O3/c1-6-3-9(11(13)4-7(6)2)8-5-10(8)12(14)15/h3-4,8,10,13H,5H2,1-2H3,(H,14,15). The van der Waals surface area contributed by atoms with Gasteiger partial charge < -0.3 is 10.2 Å². The molecule has 80 valence electrons. The largest absolute Gasteiger partial charge is 0.508 e. The Morgan fingerprint density at radius 2 is 1.93 bits per heavy atom.